The molecule has 0 aliphatic carbocycles. The average molecular weight is 601 g/mol. The van der Waals surface area contributed by atoms with Crippen molar-refractivity contribution in [1.82, 2.24) is 9.47 Å². The van der Waals surface area contributed by atoms with Gasteiger partial charge in [-0.2, -0.15) is 0 Å². The van der Waals surface area contributed by atoms with E-state index in [-0.39, 0.29) is 11.5 Å². The minimum absolute atomic E-state index is 0.172. The van der Waals surface area contributed by atoms with E-state index >= 15 is 0 Å². The summed E-state index contributed by atoms with van der Waals surface area (Å²) in [7, 11) is 4.73. The highest BCUT2D eigenvalue weighted by Crippen LogP contribution is 2.38. The molecule has 1 atom stereocenters. The number of fused-ring (bicyclic) bond motifs is 1. The number of likely N-dealkylation sites (N-methyl/N-ethyl adjacent to an activating group) is 1. The van der Waals surface area contributed by atoms with Crippen LogP contribution in [0.15, 0.2) is 61.9 Å². The van der Waals surface area contributed by atoms with Gasteiger partial charge in [-0.05, 0) is 63.2 Å². The molecule has 38 heavy (non-hydrogen) atoms. The van der Waals surface area contributed by atoms with E-state index in [1.165, 1.54) is 11.3 Å². The van der Waals surface area contributed by atoms with Crippen molar-refractivity contribution in [3.63, 3.8) is 0 Å². The summed E-state index contributed by atoms with van der Waals surface area (Å²) in [5, 5.41) is 0. The van der Waals surface area contributed by atoms with E-state index in [4.69, 9.17) is 19.2 Å². The summed E-state index contributed by atoms with van der Waals surface area (Å²) in [4.78, 5) is 34.8. The van der Waals surface area contributed by atoms with Crippen LogP contribution in [0.2, 0.25) is 0 Å². The molecule has 2 aromatic carbocycles. The van der Waals surface area contributed by atoms with Gasteiger partial charge in [-0.3, -0.25) is 14.2 Å². The molecule has 0 spiro atoms. The standard InChI is InChI=1S/C28H30BrN3O5S/c1-7-31(8-2)27(34)24-16(3)30-28-32(25(24)20-15-19(35-4)10-12-22(20)37-6)26(33)23(38-28)14-17-13-18(29)9-11-21(17)36-5/h9-15,25H,7-8H2,1-6H3/b23-14+/t25-/m0/s1. The Hall–Kier alpha value is -3.37. The second kappa shape index (κ2) is 11.6. The van der Waals surface area contributed by atoms with Gasteiger partial charge in [-0.25, -0.2) is 4.99 Å². The summed E-state index contributed by atoms with van der Waals surface area (Å²) in [6, 6.07) is 10.2. The highest BCUT2D eigenvalue weighted by Gasteiger charge is 2.36. The van der Waals surface area contributed by atoms with Crippen LogP contribution >= 0.6 is 27.3 Å². The Labute approximate surface area is 233 Å². The molecule has 1 aliphatic heterocycles. The minimum Gasteiger partial charge on any atom is -0.497 e. The first-order valence-electron chi connectivity index (χ1n) is 12.1. The van der Waals surface area contributed by atoms with Crippen LogP contribution in [-0.2, 0) is 4.79 Å². The van der Waals surface area contributed by atoms with Gasteiger partial charge in [0.25, 0.3) is 11.5 Å². The largest absolute Gasteiger partial charge is 0.497 e. The third-order valence-electron chi connectivity index (χ3n) is 6.51. The molecule has 0 radical (unpaired) electrons. The van der Waals surface area contributed by atoms with E-state index in [1.54, 1.807) is 49.0 Å². The second-order valence-corrected chi connectivity index (χ2v) is 10.5. The number of carbonyl (C=O) groups excluding carboxylic acids is 1. The number of halogens is 1. The number of aromatic nitrogens is 1. The van der Waals surface area contributed by atoms with E-state index in [9.17, 15) is 9.59 Å². The van der Waals surface area contributed by atoms with Crippen molar-refractivity contribution in [2.75, 3.05) is 34.4 Å². The SMILES string of the molecule is CCN(CC)C(=O)C1=C(C)N=c2s/c(=C/c3cc(Br)ccc3OC)c(=O)n2[C@H]1c1cc(OC)ccc1OC. The maximum absolute atomic E-state index is 14.0. The zero-order valence-corrected chi connectivity index (χ0v) is 24.6. The molecule has 1 aliphatic rings. The topological polar surface area (TPSA) is 82.4 Å². The molecule has 200 valence electrons. The lowest BCUT2D eigenvalue weighted by atomic mass is 9.93. The highest BCUT2D eigenvalue weighted by atomic mass is 79.9. The third-order valence-corrected chi connectivity index (χ3v) is 7.99. The van der Waals surface area contributed by atoms with Gasteiger partial charge >= 0.3 is 0 Å². The van der Waals surface area contributed by atoms with Crippen molar-refractivity contribution in [1.29, 1.82) is 0 Å². The highest BCUT2D eigenvalue weighted by molar-refractivity contribution is 9.10. The fourth-order valence-electron chi connectivity index (χ4n) is 4.58. The smallest absolute Gasteiger partial charge is 0.271 e. The van der Waals surface area contributed by atoms with Gasteiger partial charge in [0, 0.05) is 28.7 Å². The number of thiazole rings is 1. The van der Waals surface area contributed by atoms with Gasteiger partial charge in [0.1, 0.15) is 23.3 Å². The second-order valence-electron chi connectivity index (χ2n) is 8.55. The molecule has 0 N–H and O–H groups in total. The van der Waals surface area contributed by atoms with Crippen LogP contribution in [0.3, 0.4) is 0 Å². The number of nitrogens with zero attached hydrogens (tertiary/aromatic N) is 3. The lowest BCUT2D eigenvalue weighted by molar-refractivity contribution is -0.127. The number of ether oxygens (including phenoxy) is 3. The van der Waals surface area contributed by atoms with Crippen LogP contribution in [0, 0.1) is 0 Å². The van der Waals surface area contributed by atoms with Crippen molar-refractivity contribution in [3.05, 3.63) is 83.0 Å². The normalized spacial score (nSPS) is 15.1. The molecule has 4 rings (SSSR count). The molecule has 1 aromatic heterocycles. The van der Waals surface area contributed by atoms with Crippen molar-refractivity contribution in [2.24, 2.45) is 4.99 Å². The number of methoxy groups -OCH3 is 3. The number of benzene rings is 2. The van der Waals surface area contributed by atoms with Crippen LogP contribution in [0.1, 0.15) is 37.9 Å². The van der Waals surface area contributed by atoms with Crippen LogP contribution in [0.5, 0.6) is 17.2 Å². The van der Waals surface area contributed by atoms with Crippen molar-refractivity contribution in [2.45, 2.75) is 26.8 Å². The van der Waals surface area contributed by atoms with Gasteiger partial charge in [0.2, 0.25) is 0 Å². The third kappa shape index (κ3) is 5.02. The number of carbonyl (C=O) groups is 1. The molecular weight excluding hydrogens is 570 g/mol. The van der Waals surface area contributed by atoms with Crippen molar-refractivity contribution < 1.29 is 19.0 Å². The van der Waals surface area contributed by atoms with Crippen molar-refractivity contribution in [3.8, 4) is 17.2 Å². The number of hydrogen-bond acceptors (Lipinski definition) is 7. The van der Waals surface area contributed by atoms with Gasteiger partial charge in [0.15, 0.2) is 4.80 Å². The zero-order valence-electron chi connectivity index (χ0n) is 22.2. The van der Waals surface area contributed by atoms with Gasteiger partial charge in [-0.1, -0.05) is 27.3 Å². The Balaban J connectivity index is 2.05. The Morgan fingerprint density at radius 3 is 2.39 bits per heavy atom. The Bertz CT molecular complexity index is 1590. The summed E-state index contributed by atoms with van der Waals surface area (Å²) in [6.07, 6.45) is 1.79. The maximum Gasteiger partial charge on any atom is 0.271 e. The first-order chi connectivity index (χ1) is 18.3. The first kappa shape index (κ1) is 27.7. The van der Waals surface area contributed by atoms with Crippen LogP contribution in [0.25, 0.3) is 6.08 Å². The summed E-state index contributed by atoms with van der Waals surface area (Å²) in [6.45, 7) is 6.73. The number of allylic oxidation sites excluding steroid dienone is 1. The summed E-state index contributed by atoms with van der Waals surface area (Å²) in [5.41, 5.74) is 2.12. The average Bonchev–Trinajstić information content (AvgIpc) is 3.22. The summed E-state index contributed by atoms with van der Waals surface area (Å²) in [5.74, 6) is 1.59. The lowest BCUT2D eigenvalue weighted by Crippen LogP contribution is -2.43. The number of amides is 1. The monoisotopic (exact) mass is 599 g/mol. The van der Waals surface area contributed by atoms with Gasteiger partial charge in [-0.15, -0.1) is 0 Å². The molecule has 0 saturated heterocycles. The molecule has 1 amide bonds. The van der Waals surface area contributed by atoms with Crippen molar-refractivity contribution >= 4 is 39.2 Å². The van der Waals surface area contributed by atoms with E-state index in [0.717, 1.165) is 10.0 Å². The maximum atomic E-state index is 14.0. The predicted octanol–water partition coefficient (Wildman–Crippen LogP) is 3.89. The van der Waals surface area contributed by atoms with Gasteiger partial charge in [0.05, 0.1) is 37.1 Å². The van der Waals surface area contributed by atoms with Crippen LogP contribution < -0.4 is 29.1 Å². The van der Waals surface area contributed by atoms with E-state index in [0.29, 0.717) is 56.5 Å². The molecule has 0 saturated carbocycles. The molecule has 0 unspecified atom stereocenters. The molecule has 8 nitrogen and oxygen atoms in total. The summed E-state index contributed by atoms with van der Waals surface area (Å²) >= 11 is 4.76. The first-order valence-corrected chi connectivity index (χ1v) is 13.8. The van der Waals surface area contributed by atoms with Gasteiger partial charge < -0.3 is 19.1 Å². The van der Waals surface area contributed by atoms with Crippen LogP contribution in [0.4, 0.5) is 0 Å². The van der Waals surface area contributed by atoms with Crippen LogP contribution in [-0.4, -0.2) is 49.8 Å². The Morgan fingerprint density at radius 1 is 1.08 bits per heavy atom. The molecular formula is C28H30BrN3O5S. The predicted molar refractivity (Wildman–Crippen MR) is 152 cm³/mol. The Kier molecular flexibility index (Phi) is 8.42. The molecule has 3 aromatic rings. The van der Waals surface area contributed by atoms with E-state index < -0.39 is 6.04 Å². The minimum atomic E-state index is -0.754. The molecule has 0 fully saturated rings. The number of rotatable bonds is 8. The van der Waals surface area contributed by atoms with E-state index in [1.807, 2.05) is 45.0 Å². The van der Waals surface area contributed by atoms with E-state index in [2.05, 4.69) is 15.9 Å². The fraction of sp³-hybridized carbons (Fsp3) is 0.321. The lowest BCUT2D eigenvalue weighted by Gasteiger charge is -2.30. The fourth-order valence-corrected chi connectivity index (χ4v) is 6.00. The number of hydrogen-bond donors (Lipinski definition) is 0. The molecule has 0 bridgehead atoms. The summed E-state index contributed by atoms with van der Waals surface area (Å²) < 4.78 is 19.6. The zero-order chi connectivity index (χ0) is 27.6. The molecule has 2 heterocycles. The molecule has 10 heteroatoms. The quantitative estimate of drug-likeness (QED) is 0.392. The Morgan fingerprint density at radius 2 is 1.76 bits per heavy atom.